The highest BCUT2D eigenvalue weighted by atomic mass is 32.1. The zero-order valence-electron chi connectivity index (χ0n) is 13.6. The van der Waals surface area contributed by atoms with Gasteiger partial charge in [-0.15, -0.1) is 11.3 Å². The van der Waals surface area contributed by atoms with Crippen molar-refractivity contribution in [2.24, 2.45) is 10.8 Å². The molecule has 22 heavy (non-hydrogen) atoms. The van der Waals surface area contributed by atoms with Gasteiger partial charge in [-0.2, -0.15) is 0 Å². The largest absolute Gasteiger partial charge is 0.331 e. The van der Waals surface area contributed by atoms with Gasteiger partial charge >= 0.3 is 11.8 Å². The maximum atomic E-state index is 12.5. The molecule has 2 atom stereocenters. The van der Waals surface area contributed by atoms with Crippen molar-refractivity contribution in [3.8, 4) is 0 Å². The van der Waals surface area contributed by atoms with Crippen molar-refractivity contribution in [2.45, 2.75) is 53.0 Å². The van der Waals surface area contributed by atoms with E-state index in [9.17, 15) is 9.59 Å². The van der Waals surface area contributed by atoms with Gasteiger partial charge in [0.25, 0.3) is 0 Å². The van der Waals surface area contributed by atoms with E-state index in [1.165, 1.54) is 11.3 Å². The molecule has 6 heteroatoms. The van der Waals surface area contributed by atoms with Crippen LogP contribution in [0.3, 0.4) is 0 Å². The number of amides is 2. The number of carbonyl (C=O) groups is 2. The second kappa shape index (κ2) is 5.05. The standard InChI is InChI=1S/C16H23N3O2S/c1-10-7-22-14(17-10)18-12(20)13(21)19-9-16(4)6-11(19)5-15(2,3)8-16/h7,11H,5-6,8-9H2,1-4H3,(H,17,18,20). The van der Waals surface area contributed by atoms with Crippen molar-refractivity contribution in [1.82, 2.24) is 9.88 Å². The average molecular weight is 321 g/mol. The molecule has 1 saturated carbocycles. The predicted molar refractivity (Wildman–Crippen MR) is 86.7 cm³/mol. The molecule has 2 fully saturated rings. The highest BCUT2D eigenvalue weighted by molar-refractivity contribution is 7.14. The number of hydrogen-bond donors (Lipinski definition) is 1. The molecule has 2 amide bonds. The Balaban J connectivity index is 1.71. The van der Waals surface area contributed by atoms with Crippen molar-refractivity contribution in [3.05, 3.63) is 11.1 Å². The number of hydrogen-bond acceptors (Lipinski definition) is 4. The van der Waals surface area contributed by atoms with E-state index < -0.39 is 11.8 Å². The maximum absolute atomic E-state index is 12.5. The number of nitrogens with one attached hydrogen (secondary N) is 1. The topological polar surface area (TPSA) is 62.3 Å². The fraction of sp³-hybridized carbons (Fsp3) is 0.688. The highest BCUT2D eigenvalue weighted by Gasteiger charge is 2.51. The zero-order chi connectivity index (χ0) is 16.1. The van der Waals surface area contributed by atoms with Crippen LogP contribution < -0.4 is 5.32 Å². The van der Waals surface area contributed by atoms with Crippen molar-refractivity contribution in [1.29, 1.82) is 0 Å². The number of fused-ring (bicyclic) bond motifs is 2. The van der Waals surface area contributed by atoms with Gasteiger partial charge in [0.2, 0.25) is 0 Å². The molecule has 2 unspecified atom stereocenters. The molecule has 0 radical (unpaired) electrons. The molecule has 1 aromatic heterocycles. The Bertz CT molecular complexity index is 625. The van der Waals surface area contributed by atoms with Gasteiger partial charge in [0.1, 0.15) is 0 Å². The molecule has 3 rings (SSSR count). The minimum atomic E-state index is -0.566. The quantitative estimate of drug-likeness (QED) is 0.809. The SMILES string of the molecule is Cc1csc(NC(=O)C(=O)N2CC3(C)CC2CC(C)(C)C3)n1. The van der Waals surface area contributed by atoms with Crippen molar-refractivity contribution >= 4 is 28.3 Å². The Morgan fingerprint density at radius 2 is 2.09 bits per heavy atom. The second-order valence-corrected chi connectivity index (χ2v) is 8.75. The van der Waals surface area contributed by atoms with Gasteiger partial charge in [-0.25, -0.2) is 4.98 Å². The van der Waals surface area contributed by atoms with Crippen LogP contribution >= 0.6 is 11.3 Å². The summed E-state index contributed by atoms with van der Waals surface area (Å²) in [5.74, 6) is -0.984. The molecule has 2 aliphatic rings. The van der Waals surface area contributed by atoms with E-state index in [-0.39, 0.29) is 16.9 Å². The first-order valence-electron chi connectivity index (χ1n) is 7.72. The zero-order valence-corrected chi connectivity index (χ0v) is 14.4. The number of nitrogens with zero attached hydrogens (tertiary/aromatic N) is 2. The van der Waals surface area contributed by atoms with E-state index in [1.807, 2.05) is 12.3 Å². The third-order valence-electron chi connectivity index (χ3n) is 4.71. The van der Waals surface area contributed by atoms with E-state index in [1.54, 1.807) is 4.90 Å². The van der Waals surface area contributed by atoms with Gasteiger partial charge in [0.05, 0.1) is 5.69 Å². The summed E-state index contributed by atoms with van der Waals surface area (Å²) in [6.45, 7) is 9.29. The van der Waals surface area contributed by atoms with Gasteiger partial charge in [0, 0.05) is 18.0 Å². The lowest BCUT2D eigenvalue weighted by atomic mass is 9.65. The molecule has 1 aliphatic carbocycles. The molecular formula is C16H23N3O2S. The summed E-state index contributed by atoms with van der Waals surface area (Å²) in [6, 6.07) is 0.185. The molecular weight excluding hydrogens is 298 g/mol. The summed E-state index contributed by atoms with van der Waals surface area (Å²) in [5, 5.41) is 4.97. The molecule has 2 heterocycles. The minimum absolute atomic E-state index is 0.139. The number of thiazole rings is 1. The van der Waals surface area contributed by atoms with Gasteiger partial charge in [-0.05, 0) is 37.0 Å². The van der Waals surface area contributed by atoms with Gasteiger partial charge < -0.3 is 4.90 Å². The summed E-state index contributed by atoms with van der Waals surface area (Å²) in [7, 11) is 0. The minimum Gasteiger partial charge on any atom is -0.331 e. The first kappa shape index (κ1) is 15.5. The molecule has 0 aromatic carbocycles. The van der Waals surface area contributed by atoms with E-state index >= 15 is 0 Å². The Morgan fingerprint density at radius 3 is 2.73 bits per heavy atom. The van der Waals surface area contributed by atoms with Crippen LogP contribution in [0.2, 0.25) is 0 Å². The number of rotatable bonds is 1. The summed E-state index contributed by atoms with van der Waals surface area (Å²) in [5.41, 5.74) is 1.22. The van der Waals surface area contributed by atoms with Crippen LogP contribution in [-0.2, 0) is 9.59 Å². The molecule has 1 aliphatic heterocycles. The summed E-state index contributed by atoms with van der Waals surface area (Å²) < 4.78 is 0. The van der Waals surface area contributed by atoms with Crippen molar-refractivity contribution < 1.29 is 9.59 Å². The smallest absolute Gasteiger partial charge is 0.315 e. The Hall–Kier alpha value is -1.43. The Morgan fingerprint density at radius 1 is 1.36 bits per heavy atom. The van der Waals surface area contributed by atoms with Crippen LogP contribution in [0.15, 0.2) is 5.38 Å². The molecule has 1 N–H and O–H groups in total. The fourth-order valence-corrected chi connectivity index (χ4v) is 5.07. The second-order valence-electron chi connectivity index (χ2n) is 7.89. The van der Waals surface area contributed by atoms with Crippen molar-refractivity contribution in [2.75, 3.05) is 11.9 Å². The van der Waals surface area contributed by atoms with Crippen LogP contribution in [-0.4, -0.2) is 34.3 Å². The van der Waals surface area contributed by atoms with E-state index in [0.717, 1.165) is 25.0 Å². The maximum Gasteiger partial charge on any atom is 0.315 e. The third kappa shape index (κ3) is 2.89. The van der Waals surface area contributed by atoms with Crippen molar-refractivity contribution in [3.63, 3.8) is 0 Å². The fourth-order valence-electron chi connectivity index (χ4n) is 4.39. The molecule has 1 saturated heterocycles. The number of likely N-dealkylation sites (tertiary alicyclic amines) is 1. The summed E-state index contributed by atoms with van der Waals surface area (Å²) in [6.07, 6.45) is 3.08. The molecule has 2 bridgehead atoms. The van der Waals surface area contributed by atoms with Gasteiger partial charge in [-0.1, -0.05) is 20.8 Å². The number of aryl methyl sites for hydroxylation is 1. The summed E-state index contributed by atoms with van der Waals surface area (Å²) in [4.78, 5) is 30.7. The van der Waals surface area contributed by atoms with Crippen LogP contribution in [0.25, 0.3) is 0 Å². The lowest BCUT2D eigenvalue weighted by Gasteiger charge is -2.39. The van der Waals surface area contributed by atoms with E-state index in [0.29, 0.717) is 11.7 Å². The molecule has 0 spiro atoms. The monoisotopic (exact) mass is 321 g/mol. The van der Waals surface area contributed by atoms with Crippen LogP contribution in [0.5, 0.6) is 0 Å². The van der Waals surface area contributed by atoms with Crippen LogP contribution in [0, 0.1) is 17.8 Å². The molecule has 1 aromatic rings. The number of carbonyl (C=O) groups excluding carboxylic acids is 2. The number of anilines is 1. The lowest BCUT2D eigenvalue weighted by Crippen LogP contribution is -2.43. The van der Waals surface area contributed by atoms with Gasteiger partial charge in [-0.3, -0.25) is 14.9 Å². The van der Waals surface area contributed by atoms with E-state index in [4.69, 9.17) is 0 Å². The number of aromatic nitrogens is 1. The first-order valence-corrected chi connectivity index (χ1v) is 8.60. The first-order chi connectivity index (χ1) is 10.2. The third-order valence-corrected chi connectivity index (χ3v) is 5.58. The highest BCUT2D eigenvalue weighted by Crippen LogP contribution is 2.52. The average Bonchev–Trinajstić information content (AvgIpc) is 2.88. The van der Waals surface area contributed by atoms with Crippen LogP contribution in [0.4, 0.5) is 5.13 Å². The Labute approximate surface area is 135 Å². The lowest BCUT2D eigenvalue weighted by molar-refractivity contribution is -0.144. The van der Waals surface area contributed by atoms with Crippen LogP contribution in [0.1, 0.15) is 45.7 Å². The predicted octanol–water partition coefficient (Wildman–Crippen LogP) is 2.82. The van der Waals surface area contributed by atoms with E-state index in [2.05, 4.69) is 31.1 Å². The molecule has 5 nitrogen and oxygen atoms in total. The Kier molecular flexibility index (Phi) is 3.55. The molecule has 120 valence electrons. The normalized spacial score (nSPS) is 29.5. The van der Waals surface area contributed by atoms with Gasteiger partial charge in [0.15, 0.2) is 5.13 Å². The summed E-state index contributed by atoms with van der Waals surface area (Å²) >= 11 is 1.34.